The molecule has 2 nitrogen and oxygen atoms in total. The number of alkyl halides is 2. The molecule has 17 heavy (non-hydrogen) atoms. The van der Waals surface area contributed by atoms with Crippen molar-refractivity contribution in [2.24, 2.45) is 0 Å². The minimum absolute atomic E-state index is 0. The molecule has 1 aromatic carbocycles. The molecule has 1 aromatic rings. The number of hydrogen-bond acceptors (Lipinski definition) is 2. The lowest BCUT2D eigenvalue weighted by Crippen LogP contribution is -2.27. The molecule has 1 atom stereocenters. The van der Waals surface area contributed by atoms with E-state index in [1.54, 1.807) is 12.1 Å². The molecule has 0 saturated carbocycles. The first-order valence-electron chi connectivity index (χ1n) is 5.54. The maximum Gasteiger partial charge on any atom is 0.387 e. The van der Waals surface area contributed by atoms with Gasteiger partial charge in [0.1, 0.15) is 5.75 Å². The normalized spacial score (nSPS) is 19.8. The summed E-state index contributed by atoms with van der Waals surface area (Å²) < 4.78 is 29.0. The third kappa shape index (κ3) is 3.82. The molecular weight excluding hydrogens is 248 g/mol. The van der Waals surface area contributed by atoms with Gasteiger partial charge in [0.25, 0.3) is 0 Å². The molecule has 0 spiro atoms. The molecule has 2 rings (SSSR count). The number of ether oxygens (including phenoxy) is 1. The first-order valence-corrected chi connectivity index (χ1v) is 5.54. The van der Waals surface area contributed by atoms with Crippen molar-refractivity contribution < 1.29 is 13.5 Å². The Kier molecular flexibility index (Phi) is 5.65. The van der Waals surface area contributed by atoms with Gasteiger partial charge < -0.3 is 10.1 Å². The van der Waals surface area contributed by atoms with E-state index in [1.165, 1.54) is 0 Å². The number of hydrogen-bond donors (Lipinski definition) is 1. The van der Waals surface area contributed by atoms with Gasteiger partial charge in [0.15, 0.2) is 0 Å². The van der Waals surface area contributed by atoms with Crippen molar-refractivity contribution in [2.45, 2.75) is 31.9 Å². The summed E-state index contributed by atoms with van der Waals surface area (Å²) in [7, 11) is 0. The summed E-state index contributed by atoms with van der Waals surface area (Å²) in [5, 5.41) is 3.32. The van der Waals surface area contributed by atoms with Gasteiger partial charge in [-0.05, 0) is 25.5 Å². The van der Waals surface area contributed by atoms with Crippen LogP contribution in [0.4, 0.5) is 8.78 Å². The predicted octanol–water partition coefficient (Wildman–Crippen LogP) is 3.52. The van der Waals surface area contributed by atoms with Gasteiger partial charge in [-0.1, -0.05) is 24.6 Å². The average Bonchev–Trinajstić information content (AvgIpc) is 2.30. The monoisotopic (exact) mass is 263 g/mol. The van der Waals surface area contributed by atoms with E-state index in [9.17, 15) is 8.78 Å². The summed E-state index contributed by atoms with van der Waals surface area (Å²) in [6, 6.07) is 7.15. The van der Waals surface area contributed by atoms with Crippen LogP contribution in [0.3, 0.4) is 0 Å². The van der Waals surface area contributed by atoms with Crippen LogP contribution in [0.15, 0.2) is 24.3 Å². The van der Waals surface area contributed by atoms with Crippen LogP contribution >= 0.6 is 12.4 Å². The highest BCUT2D eigenvalue weighted by molar-refractivity contribution is 5.85. The van der Waals surface area contributed by atoms with E-state index in [0.717, 1.165) is 31.4 Å². The Bertz CT molecular complexity index is 343. The van der Waals surface area contributed by atoms with Crippen LogP contribution in [0, 0.1) is 0 Å². The zero-order chi connectivity index (χ0) is 11.4. The number of rotatable bonds is 3. The van der Waals surface area contributed by atoms with Gasteiger partial charge in [-0.2, -0.15) is 8.78 Å². The van der Waals surface area contributed by atoms with Gasteiger partial charge in [-0.3, -0.25) is 0 Å². The van der Waals surface area contributed by atoms with Crippen LogP contribution in [-0.4, -0.2) is 13.2 Å². The molecular formula is C12H16ClF2NO. The standard InChI is InChI=1S/C12H15F2NO.ClH/c13-12(14)16-11-7-2-1-5-9(11)10-6-3-4-8-15-10;/h1-2,5,7,10,12,15H,3-4,6,8H2;1H/t10-;/m1./s1. The molecule has 5 heteroatoms. The number of halogens is 3. The quantitative estimate of drug-likeness (QED) is 0.901. The van der Waals surface area contributed by atoms with E-state index in [-0.39, 0.29) is 24.2 Å². The van der Waals surface area contributed by atoms with Gasteiger partial charge in [0, 0.05) is 11.6 Å². The van der Waals surface area contributed by atoms with Gasteiger partial charge in [-0.15, -0.1) is 12.4 Å². The van der Waals surface area contributed by atoms with E-state index in [1.807, 2.05) is 12.1 Å². The fourth-order valence-corrected chi connectivity index (χ4v) is 2.09. The fourth-order valence-electron chi connectivity index (χ4n) is 2.09. The zero-order valence-corrected chi connectivity index (χ0v) is 10.2. The molecule has 1 saturated heterocycles. The summed E-state index contributed by atoms with van der Waals surface area (Å²) in [5.74, 6) is 0.289. The van der Waals surface area contributed by atoms with Crippen molar-refractivity contribution in [1.82, 2.24) is 5.32 Å². The molecule has 1 N–H and O–H groups in total. The highest BCUT2D eigenvalue weighted by Gasteiger charge is 2.19. The van der Waals surface area contributed by atoms with E-state index < -0.39 is 6.61 Å². The number of benzene rings is 1. The Morgan fingerprint density at radius 2 is 2.00 bits per heavy atom. The Balaban J connectivity index is 0.00000144. The van der Waals surface area contributed by atoms with Crippen LogP contribution in [0.5, 0.6) is 5.75 Å². The first kappa shape index (κ1) is 14.2. The third-order valence-corrected chi connectivity index (χ3v) is 2.82. The summed E-state index contributed by atoms with van der Waals surface area (Å²) >= 11 is 0. The zero-order valence-electron chi connectivity index (χ0n) is 9.36. The van der Waals surface area contributed by atoms with Crippen molar-refractivity contribution in [1.29, 1.82) is 0 Å². The van der Waals surface area contributed by atoms with E-state index in [2.05, 4.69) is 10.1 Å². The maximum atomic E-state index is 12.2. The summed E-state index contributed by atoms with van der Waals surface area (Å²) in [4.78, 5) is 0. The second-order valence-electron chi connectivity index (χ2n) is 3.92. The Morgan fingerprint density at radius 3 is 2.65 bits per heavy atom. The third-order valence-electron chi connectivity index (χ3n) is 2.82. The summed E-state index contributed by atoms with van der Waals surface area (Å²) in [6.45, 7) is -1.82. The molecule has 1 heterocycles. The largest absolute Gasteiger partial charge is 0.434 e. The molecule has 1 aliphatic rings. The maximum absolute atomic E-state index is 12.2. The average molecular weight is 264 g/mol. The first-order chi connectivity index (χ1) is 7.77. The second-order valence-corrected chi connectivity index (χ2v) is 3.92. The van der Waals surface area contributed by atoms with E-state index in [4.69, 9.17) is 0 Å². The van der Waals surface area contributed by atoms with Gasteiger partial charge in [0.05, 0.1) is 0 Å². The Labute approximate surface area is 106 Å². The molecule has 0 amide bonds. The molecule has 1 aliphatic heterocycles. The molecule has 96 valence electrons. The molecule has 0 aliphatic carbocycles. The van der Waals surface area contributed by atoms with Crippen LogP contribution in [-0.2, 0) is 0 Å². The number of para-hydroxylation sites is 1. The van der Waals surface area contributed by atoms with Crippen LogP contribution < -0.4 is 10.1 Å². The van der Waals surface area contributed by atoms with Crippen LogP contribution in [0.1, 0.15) is 30.9 Å². The highest BCUT2D eigenvalue weighted by atomic mass is 35.5. The van der Waals surface area contributed by atoms with Gasteiger partial charge >= 0.3 is 6.61 Å². The lowest BCUT2D eigenvalue weighted by Gasteiger charge is -2.25. The van der Waals surface area contributed by atoms with Crippen molar-refractivity contribution in [3.8, 4) is 5.75 Å². The molecule has 0 aromatic heterocycles. The predicted molar refractivity (Wildman–Crippen MR) is 64.9 cm³/mol. The SMILES string of the molecule is Cl.FC(F)Oc1ccccc1[C@H]1CCCCN1. The van der Waals surface area contributed by atoms with E-state index in [0.29, 0.717) is 0 Å². The van der Waals surface area contributed by atoms with Gasteiger partial charge in [-0.25, -0.2) is 0 Å². The molecule has 0 unspecified atom stereocenters. The summed E-state index contributed by atoms with van der Waals surface area (Å²) in [5.41, 5.74) is 0.836. The number of nitrogens with one attached hydrogen (secondary N) is 1. The van der Waals surface area contributed by atoms with Crippen LogP contribution in [0.2, 0.25) is 0 Å². The Morgan fingerprint density at radius 1 is 1.24 bits per heavy atom. The van der Waals surface area contributed by atoms with Crippen molar-refractivity contribution in [3.05, 3.63) is 29.8 Å². The molecule has 0 radical (unpaired) electrons. The van der Waals surface area contributed by atoms with E-state index >= 15 is 0 Å². The topological polar surface area (TPSA) is 21.3 Å². The Hall–Kier alpha value is -0.870. The van der Waals surface area contributed by atoms with Crippen LogP contribution in [0.25, 0.3) is 0 Å². The minimum atomic E-state index is -2.76. The second kappa shape index (κ2) is 6.77. The van der Waals surface area contributed by atoms with Crippen molar-refractivity contribution in [2.75, 3.05) is 6.54 Å². The highest BCUT2D eigenvalue weighted by Crippen LogP contribution is 2.31. The lowest BCUT2D eigenvalue weighted by atomic mass is 9.97. The fraction of sp³-hybridized carbons (Fsp3) is 0.500. The lowest BCUT2D eigenvalue weighted by molar-refractivity contribution is -0.0507. The van der Waals surface area contributed by atoms with Crippen molar-refractivity contribution >= 4 is 12.4 Å². The molecule has 0 bridgehead atoms. The number of piperidine rings is 1. The van der Waals surface area contributed by atoms with Gasteiger partial charge in [0.2, 0.25) is 0 Å². The molecule has 1 fully saturated rings. The summed E-state index contributed by atoms with van der Waals surface area (Å²) in [6.07, 6.45) is 3.25. The van der Waals surface area contributed by atoms with Crippen molar-refractivity contribution in [3.63, 3.8) is 0 Å². The minimum Gasteiger partial charge on any atom is -0.434 e. The smallest absolute Gasteiger partial charge is 0.387 e.